The van der Waals surface area contributed by atoms with Crippen LogP contribution >= 0.6 is 34.2 Å². The Kier molecular flexibility index (Phi) is 6.74. The Labute approximate surface area is 177 Å². The van der Waals surface area contributed by atoms with Crippen molar-refractivity contribution in [2.75, 3.05) is 12.4 Å². The molecule has 0 aliphatic heterocycles. The van der Waals surface area contributed by atoms with E-state index in [1.54, 1.807) is 31.4 Å². The predicted octanol–water partition coefficient (Wildman–Crippen LogP) is 6.38. The quantitative estimate of drug-likeness (QED) is 0.308. The van der Waals surface area contributed by atoms with E-state index >= 15 is 0 Å². The average molecular weight is 492 g/mol. The highest BCUT2D eigenvalue weighted by atomic mass is 127. The molecule has 0 spiro atoms. The van der Waals surface area contributed by atoms with Gasteiger partial charge in [0, 0.05) is 26.3 Å². The molecule has 3 rings (SSSR count). The lowest BCUT2D eigenvalue weighted by Crippen LogP contribution is -2.16. The monoisotopic (exact) mass is 491 g/mol. The maximum Gasteiger partial charge on any atom is 0.165 e. The fraction of sp³-hybridized carbons (Fsp3) is 0.136. The molecule has 0 aliphatic rings. The van der Waals surface area contributed by atoms with Crippen LogP contribution in [0.3, 0.4) is 0 Å². The lowest BCUT2D eigenvalue weighted by atomic mass is 9.97. The normalized spacial score (nSPS) is 11.7. The Morgan fingerprint density at radius 1 is 1.00 bits per heavy atom. The van der Waals surface area contributed by atoms with Crippen LogP contribution in [0.5, 0.6) is 5.75 Å². The SMILES string of the molecule is COc1ccc(C(=O)C[C@H](Nc2ccc(I)cc2)c2ccc(Cl)cc2)cc1. The highest BCUT2D eigenvalue weighted by Gasteiger charge is 2.17. The van der Waals surface area contributed by atoms with Crippen molar-refractivity contribution in [3.63, 3.8) is 0 Å². The summed E-state index contributed by atoms with van der Waals surface area (Å²) in [6, 6.07) is 22.7. The molecule has 0 aromatic heterocycles. The highest BCUT2D eigenvalue weighted by Crippen LogP contribution is 2.26. The lowest BCUT2D eigenvalue weighted by Gasteiger charge is -2.20. The Hall–Kier alpha value is -2.05. The fourth-order valence-electron chi connectivity index (χ4n) is 2.77. The van der Waals surface area contributed by atoms with Gasteiger partial charge in [-0.2, -0.15) is 0 Å². The number of anilines is 1. The molecule has 1 N–H and O–H groups in total. The summed E-state index contributed by atoms with van der Waals surface area (Å²) in [6.07, 6.45) is 0.333. The minimum Gasteiger partial charge on any atom is -0.497 e. The van der Waals surface area contributed by atoms with Crippen LogP contribution in [0.4, 0.5) is 5.69 Å². The van der Waals surface area contributed by atoms with Crippen LogP contribution in [0.25, 0.3) is 0 Å². The zero-order valence-corrected chi connectivity index (χ0v) is 17.7. The number of hydrogen-bond acceptors (Lipinski definition) is 3. The second kappa shape index (κ2) is 9.24. The average Bonchev–Trinajstić information content (AvgIpc) is 2.70. The van der Waals surface area contributed by atoms with Gasteiger partial charge in [0.15, 0.2) is 5.78 Å². The van der Waals surface area contributed by atoms with E-state index in [1.807, 2.05) is 48.5 Å². The third-order valence-corrected chi connectivity index (χ3v) is 5.23. The number of halogens is 2. The van der Waals surface area contributed by atoms with Crippen LogP contribution < -0.4 is 10.1 Å². The molecular formula is C22H19ClINO2. The van der Waals surface area contributed by atoms with Gasteiger partial charge >= 0.3 is 0 Å². The largest absolute Gasteiger partial charge is 0.497 e. The number of Topliss-reactive ketones (excluding diaryl/α,β-unsaturated/α-hetero) is 1. The smallest absolute Gasteiger partial charge is 0.165 e. The van der Waals surface area contributed by atoms with Crippen molar-refractivity contribution in [3.8, 4) is 5.75 Å². The number of benzene rings is 3. The topological polar surface area (TPSA) is 38.3 Å². The molecule has 3 aromatic rings. The van der Waals surface area contributed by atoms with Gasteiger partial charge in [0.2, 0.25) is 0 Å². The number of carbonyl (C=O) groups excluding carboxylic acids is 1. The first kappa shape index (κ1) is 19.7. The van der Waals surface area contributed by atoms with Gasteiger partial charge in [-0.3, -0.25) is 4.79 Å². The molecule has 0 aliphatic carbocycles. The van der Waals surface area contributed by atoms with E-state index in [4.69, 9.17) is 16.3 Å². The first-order valence-electron chi connectivity index (χ1n) is 8.50. The van der Waals surface area contributed by atoms with Crippen molar-refractivity contribution in [3.05, 3.63) is 92.5 Å². The van der Waals surface area contributed by atoms with E-state index in [-0.39, 0.29) is 11.8 Å². The van der Waals surface area contributed by atoms with Crippen LogP contribution in [0.1, 0.15) is 28.4 Å². The van der Waals surface area contributed by atoms with Gasteiger partial charge in [-0.15, -0.1) is 0 Å². The molecule has 27 heavy (non-hydrogen) atoms. The molecule has 0 amide bonds. The van der Waals surface area contributed by atoms with Gasteiger partial charge in [-0.1, -0.05) is 23.7 Å². The Balaban J connectivity index is 1.82. The Morgan fingerprint density at radius 2 is 1.63 bits per heavy atom. The number of methoxy groups -OCH3 is 1. The standard InChI is InChI=1S/C22H19ClINO2/c1-27-20-12-4-16(5-13-20)22(26)14-21(15-2-6-17(23)7-3-15)25-19-10-8-18(24)9-11-19/h2-13,21,25H,14H2,1H3/t21-/m0/s1. The number of rotatable bonds is 7. The van der Waals surface area contributed by atoms with E-state index in [0.717, 1.165) is 20.6 Å². The van der Waals surface area contributed by atoms with E-state index in [1.165, 1.54) is 0 Å². The molecule has 0 saturated carbocycles. The summed E-state index contributed by atoms with van der Waals surface area (Å²) >= 11 is 8.30. The number of hydrogen-bond donors (Lipinski definition) is 1. The number of nitrogens with one attached hydrogen (secondary N) is 1. The number of ether oxygens (including phenoxy) is 1. The van der Waals surface area contributed by atoms with Crippen molar-refractivity contribution in [2.24, 2.45) is 0 Å². The molecule has 0 radical (unpaired) electrons. The van der Waals surface area contributed by atoms with Crippen molar-refractivity contribution in [2.45, 2.75) is 12.5 Å². The highest BCUT2D eigenvalue weighted by molar-refractivity contribution is 14.1. The zero-order valence-electron chi connectivity index (χ0n) is 14.8. The van der Waals surface area contributed by atoms with Crippen molar-refractivity contribution >= 4 is 45.7 Å². The summed E-state index contributed by atoms with van der Waals surface area (Å²) < 4.78 is 6.32. The van der Waals surface area contributed by atoms with Crippen LogP contribution in [0, 0.1) is 3.57 Å². The fourth-order valence-corrected chi connectivity index (χ4v) is 3.26. The van der Waals surface area contributed by atoms with E-state index in [0.29, 0.717) is 17.0 Å². The van der Waals surface area contributed by atoms with Crippen LogP contribution in [-0.4, -0.2) is 12.9 Å². The van der Waals surface area contributed by atoms with Crippen LogP contribution in [0.2, 0.25) is 5.02 Å². The van der Waals surface area contributed by atoms with Gasteiger partial charge in [0.25, 0.3) is 0 Å². The molecule has 5 heteroatoms. The third kappa shape index (κ3) is 5.47. The number of carbonyl (C=O) groups is 1. The maximum absolute atomic E-state index is 12.8. The molecule has 0 heterocycles. The van der Waals surface area contributed by atoms with Crippen LogP contribution in [-0.2, 0) is 0 Å². The summed E-state index contributed by atoms with van der Waals surface area (Å²) in [5.74, 6) is 0.799. The zero-order chi connectivity index (χ0) is 19.2. The first-order valence-corrected chi connectivity index (χ1v) is 9.95. The molecule has 3 aromatic carbocycles. The third-order valence-electron chi connectivity index (χ3n) is 4.26. The second-order valence-electron chi connectivity index (χ2n) is 6.11. The van der Waals surface area contributed by atoms with Gasteiger partial charge in [0.1, 0.15) is 5.75 Å². The molecule has 0 fully saturated rings. The van der Waals surface area contributed by atoms with Crippen molar-refractivity contribution in [1.29, 1.82) is 0 Å². The second-order valence-corrected chi connectivity index (χ2v) is 7.79. The van der Waals surface area contributed by atoms with Crippen LogP contribution in [0.15, 0.2) is 72.8 Å². The number of ketones is 1. The Morgan fingerprint density at radius 3 is 2.22 bits per heavy atom. The minimum absolute atomic E-state index is 0.0654. The molecule has 1 atom stereocenters. The minimum atomic E-state index is -0.156. The maximum atomic E-state index is 12.8. The van der Waals surface area contributed by atoms with Gasteiger partial charge in [-0.05, 0) is 88.8 Å². The van der Waals surface area contributed by atoms with E-state index in [2.05, 4.69) is 27.9 Å². The molecule has 3 nitrogen and oxygen atoms in total. The van der Waals surface area contributed by atoms with Gasteiger partial charge < -0.3 is 10.1 Å². The van der Waals surface area contributed by atoms with Gasteiger partial charge in [0.05, 0.1) is 13.2 Å². The summed E-state index contributed by atoms with van der Waals surface area (Å²) in [5, 5.41) is 4.15. The van der Waals surface area contributed by atoms with Gasteiger partial charge in [-0.25, -0.2) is 0 Å². The summed E-state index contributed by atoms with van der Waals surface area (Å²) in [4.78, 5) is 12.8. The molecular weight excluding hydrogens is 473 g/mol. The molecule has 0 saturated heterocycles. The van der Waals surface area contributed by atoms with E-state index in [9.17, 15) is 4.79 Å². The summed E-state index contributed by atoms with van der Waals surface area (Å²) in [7, 11) is 1.61. The summed E-state index contributed by atoms with van der Waals surface area (Å²) in [6.45, 7) is 0. The first-order chi connectivity index (χ1) is 13.0. The van der Waals surface area contributed by atoms with Crippen molar-refractivity contribution in [1.82, 2.24) is 0 Å². The molecule has 138 valence electrons. The summed E-state index contributed by atoms with van der Waals surface area (Å²) in [5.41, 5.74) is 2.65. The predicted molar refractivity (Wildman–Crippen MR) is 119 cm³/mol. The van der Waals surface area contributed by atoms with E-state index < -0.39 is 0 Å². The molecule has 0 unspecified atom stereocenters. The Bertz CT molecular complexity index is 893. The van der Waals surface area contributed by atoms with Crippen molar-refractivity contribution < 1.29 is 9.53 Å². The molecule has 0 bridgehead atoms. The lowest BCUT2D eigenvalue weighted by molar-refractivity contribution is 0.0976.